The number of pyridine rings is 1. The topological polar surface area (TPSA) is 86.5 Å². The van der Waals surface area contributed by atoms with Crippen LogP contribution in [0.15, 0.2) is 29.6 Å². The molecular formula is C18H30IN9. The second-order valence-corrected chi connectivity index (χ2v) is 6.53. The molecule has 1 aliphatic heterocycles. The van der Waals surface area contributed by atoms with E-state index in [0.29, 0.717) is 13.1 Å². The predicted molar refractivity (Wildman–Crippen MR) is 122 cm³/mol. The van der Waals surface area contributed by atoms with Gasteiger partial charge >= 0.3 is 0 Å². The summed E-state index contributed by atoms with van der Waals surface area (Å²) in [5, 5.41) is 10.6. The molecule has 154 valence electrons. The van der Waals surface area contributed by atoms with Crippen molar-refractivity contribution < 1.29 is 0 Å². The number of rotatable bonds is 6. The van der Waals surface area contributed by atoms with Gasteiger partial charge in [-0.2, -0.15) is 5.10 Å². The summed E-state index contributed by atoms with van der Waals surface area (Å²) in [5.74, 6) is 2.63. The molecule has 0 radical (unpaired) electrons. The molecule has 2 aromatic rings. The predicted octanol–water partition coefficient (Wildman–Crippen LogP) is 0.835. The zero-order valence-electron chi connectivity index (χ0n) is 16.8. The zero-order chi connectivity index (χ0) is 19.1. The number of aromatic nitrogens is 4. The van der Waals surface area contributed by atoms with Crippen molar-refractivity contribution in [2.45, 2.75) is 20.0 Å². The van der Waals surface area contributed by atoms with Crippen LogP contribution >= 0.6 is 24.0 Å². The Bertz CT molecular complexity index is 736. The summed E-state index contributed by atoms with van der Waals surface area (Å²) in [5.41, 5.74) is 1.12. The van der Waals surface area contributed by atoms with Crippen LogP contribution in [-0.2, 0) is 20.1 Å². The summed E-state index contributed by atoms with van der Waals surface area (Å²) in [6.45, 7) is 8.86. The first kappa shape index (κ1) is 22.3. The molecule has 28 heavy (non-hydrogen) atoms. The summed E-state index contributed by atoms with van der Waals surface area (Å²) < 4.78 is 1.74. The van der Waals surface area contributed by atoms with E-state index >= 15 is 0 Å². The number of halogens is 1. The molecule has 10 heteroatoms. The van der Waals surface area contributed by atoms with Crippen LogP contribution in [0.3, 0.4) is 0 Å². The molecule has 0 atom stereocenters. The number of anilines is 1. The number of nitrogens with zero attached hydrogens (tertiary/aromatic N) is 7. The number of piperazine rings is 1. The minimum atomic E-state index is 0. The minimum Gasteiger partial charge on any atom is -0.354 e. The van der Waals surface area contributed by atoms with E-state index in [4.69, 9.17) is 0 Å². The highest BCUT2D eigenvalue weighted by Gasteiger charge is 2.16. The average molecular weight is 499 g/mol. The van der Waals surface area contributed by atoms with Gasteiger partial charge in [0.15, 0.2) is 5.96 Å². The van der Waals surface area contributed by atoms with Crippen molar-refractivity contribution in [2.75, 3.05) is 44.7 Å². The van der Waals surface area contributed by atoms with Crippen LogP contribution in [0.4, 0.5) is 5.82 Å². The largest absolute Gasteiger partial charge is 0.354 e. The van der Waals surface area contributed by atoms with Crippen LogP contribution in [0.1, 0.15) is 18.3 Å². The molecular weight excluding hydrogens is 469 g/mol. The van der Waals surface area contributed by atoms with E-state index in [9.17, 15) is 0 Å². The van der Waals surface area contributed by atoms with E-state index < -0.39 is 0 Å². The number of nitrogens with one attached hydrogen (secondary N) is 2. The maximum Gasteiger partial charge on any atom is 0.191 e. The average Bonchev–Trinajstić information content (AvgIpc) is 3.13. The molecule has 1 fully saturated rings. The molecule has 0 spiro atoms. The maximum absolute atomic E-state index is 4.64. The molecule has 0 amide bonds. The van der Waals surface area contributed by atoms with Crippen LogP contribution in [-0.4, -0.2) is 70.4 Å². The Hall–Kier alpha value is -1.95. The highest BCUT2D eigenvalue weighted by molar-refractivity contribution is 14.0. The minimum absolute atomic E-state index is 0. The van der Waals surface area contributed by atoms with Crippen molar-refractivity contribution in [3.63, 3.8) is 0 Å². The van der Waals surface area contributed by atoms with Crippen molar-refractivity contribution in [3.8, 4) is 0 Å². The van der Waals surface area contributed by atoms with E-state index in [-0.39, 0.29) is 24.0 Å². The summed E-state index contributed by atoms with van der Waals surface area (Å²) in [4.78, 5) is 17.9. The zero-order valence-corrected chi connectivity index (χ0v) is 19.1. The summed E-state index contributed by atoms with van der Waals surface area (Å²) in [6.07, 6.45) is 3.48. The monoisotopic (exact) mass is 499 g/mol. The van der Waals surface area contributed by atoms with Crippen molar-refractivity contribution in [2.24, 2.45) is 12.0 Å². The van der Waals surface area contributed by atoms with Gasteiger partial charge in [0.05, 0.1) is 6.54 Å². The van der Waals surface area contributed by atoms with Gasteiger partial charge in [0, 0.05) is 53.0 Å². The number of likely N-dealkylation sites (N-methyl/N-ethyl adjacent to an activating group) is 1. The highest BCUT2D eigenvalue weighted by Crippen LogP contribution is 2.14. The molecule has 0 bridgehead atoms. The third-order valence-corrected chi connectivity index (χ3v) is 4.86. The molecule has 0 saturated carbocycles. The van der Waals surface area contributed by atoms with Gasteiger partial charge in [-0.15, -0.1) is 24.0 Å². The van der Waals surface area contributed by atoms with Crippen molar-refractivity contribution >= 4 is 35.8 Å². The normalized spacial score (nSPS) is 15.2. The van der Waals surface area contributed by atoms with Gasteiger partial charge in [-0.3, -0.25) is 9.67 Å². The lowest BCUT2D eigenvalue weighted by Gasteiger charge is -2.34. The summed E-state index contributed by atoms with van der Waals surface area (Å²) in [6, 6.07) is 4.23. The molecule has 0 aromatic carbocycles. The number of guanidine groups is 1. The number of hydrogen-bond acceptors (Lipinski definition) is 6. The van der Waals surface area contributed by atoms with Gasteiger partial charge in [-0.1, -0.05) is 13.0 Å². The Morgan fingerprint density at radius 1 is 1.11 bits per heavy atom. The molecule has 1 saturated heterocycles. The Labute approximate surface area is 183 Å². The third kappa shape index (κ3) is 6.03. The second-order valence-electron chi connectivity index (χ2n) is 6.53. The molecule has 0 unspecified atom stereocenters. The molecule has 9 nitrogen and oxygen atoms in total. The van der Waals surface area contributed by atoms with Crippen LogP contribution < -0.4 is 15.5 Å². The number of aliphatic imine (C=N–C) groups is 1. The highest BCUT2D eigenvalue weighted by atomic mass is 127. The Morgan fingerprint density at radius 2 is 1.86 bits per heavy atom. The summed E-state index contributed by atoms with van der Waals surface area (Å²) in [7, 11) is 3.62. The van der Waals surface area contributed by atoms with E-state index in [1.54, 1.807) is 18.1 Å². The first-order valence-corrected chi connectivity index (χ1v) is 9.39. The van der Waals surface area contributed by atoms with Crippen molar-refractivity contribution in [1.82, 2.24) is 35.3 Å². The van der Waals surface area contributed by atoms with Crippen LogP contribution in [0.25, 0.3) is 0 Å². The van der Waals surface area contributed by atoms with Gasteiger partial charge < -0.3 is 20.4 Å². The lowest BCUT2D eigenvalue weighted by molar-refractivity contribution is 0.270. The van der Waals surface area contributed by atoms with Crippen molar-refractivity contribution in [3.05, 3.63) is 36.0 Å². The molecule has 2 N–H and O–H groups in total. The molecule has 3 heterocycles. The Morgan fingerprint density at radius 3 is 2.43 bits per heavy atom. The number of hydrogen-bond donors (Lipinski definition) is 2. The first-order valence-electron chi connectivity index (χ1n) is 9.39. The standard InChI is InChI=1S/C18H29N9.HI/c1-4-26-7-9-27(10-8-26)16-6-5-15(11-20-16)12-21-18(19-2)22-13-17-23-14-24-25(17)3;/h5-6,11,14H,4,7-10,12-13H2,1-3H3,(H2,19,21,22);1H. The van der Waals surface area contributed by atoms with E-state index in [0.717, 1.165) is 55.9 Å². The lowest BCUT2D eigenvalue weighted by atomic mass is 10.2. The first-order chi connectivity index (χ1) is 13.2. The Balaban J connectivity index is 0.00000280. The van der Waals surface area contributed by atoms with Gasteiger partial charge in [-0.25, -0.2) is 9.97 Å². The van der Waals surface area contributed by atoms with Crippen LogP contribution in [0.5, 0.6) is 0 Å². The Kier molecular flexibility index (Phi) is 8.90. The molecule has 3 rings (SSSR count). The third-order valence-electron chi connectivity index (χ3n) is 4.86. The maximum atomic E-state index is 4.64. The molecule has 2 aromatic heterocycles. The lowest BCUT2D eigenvalue weighted by Crippen LogP contribution is -2.46. The fraction of sp³-hybridized carbons (Fsp3) is 0.556. The van der Waals surface area contributed by atoms with Gasteiger partial charge in [-0.05, 0) is 18.2 Å². The van der Waals surface area contributed by atoms with Gasteiger partial charge in [0.25, 0.3) is 0 Å². The fourth-order valence-corrected chi connectivity index (χ4v) is 3.05. The van der Waals surface area contributed by atoms with Gasteiger partial charge in [0.2, 0.25) is 0 Å². The van der Waals surface area contributed by atoms with E-state index in [2.05, 4.69) is 59.5 Å². The second kappa shape index (κ2) is 11.1. The SMILES string of the molecule is CCN1CCN(c2ccc(CNC(=NC)NCc3ncnn3C)cn2)CC1.I. The van der Waals surface area contributed by atoms with E-state index in [1.807, 2.05) is 13.2 Å². The van der Waals surface area contributed by atoms with Crippen LogP contribution in [0, 0.1) is 0 Å². The quantitative estimate of drug-likeness (QED) is 0.346. The van der Waals surface area contributed by atoms with E-state index in [1.165, 1.54) is 0 Å². The number of aryl methyl sites for hydroxylation is 1. The smallest absolute Gasteiger partial charge is 0.191 e. The van der Waals surface area contributed by atoms with Crippen LogP contribution in [0.2, 0.25) is 0 Å². The molecule has 1 aliphatic rings. The summed E-state index contributed by atoms with van der Waals surface area (Å²) >= 11 is 0. The fourth-order valence-electron chi connectivity index (χ4n) is 3.05. The van der Waals surface area contributed by atoms with Gasteiger partial charge in [0.1, 0.15) is 18.0 Å². The van der Waals surface area contributed by atoms with Crippen molar-refractivity contribution in [1.29, 1.82) is 0 Å². The molecule has 0 aliphatic carbocycles.